The van der Waals surface area contributed by atoms with Crippen LogP contribution in [0.15, 0.2) is 10.7 Å². The first kappa shape index (κ1) is 12.2. The maximum Gasteiger partial charge on any atom is 0.333 e. The summed E-state index contributed by atoms with van der Waals surface area (Å²) in [4.78, 5) is 10.7. The molecule has 0 fully saturated rings. The maximum atomic E-state index is 10.7. The number of aromatic nitrogens is 2. The zero-order chi connectivity index (χ0) is 11.8. The fourth-order valence-electron chi connectivity index (χ4n) is 1.48. The van der Waals surface area contributed by atoms with Crippen molar-refractivity contribution in [1.82, 2.24) is 9.78 Å². The number of aliphatic hydroxyl groups excluding tert-OH is 1. The first-order valence-electron chi connectivity index (χ1n) is 4.37. The van der Waals surface area contributed by atoms with E-state index in [0.29, 0.717) is 10.3 Å². The van der Waals surface area contributed by atoms with Gasteiger partial charge < -0.3 is 10.2 Å². The van der Waals surface area contributed by atoms with Gasteiger partial charge in [0.2, 0.25) is 0 Å². The van der Waals surface area contributed by atoms with Gasteiger partial charge in [-0.3, -0.25) is 4.68 Å². The van der Waals surface area contributed by atoms with Crippen molar-refractivity contribution in [2.45, 2.75) is 25.4 Å². The van der Waals surface area contributed by atoms with Crippen LogP contribution in [-0.2, 0) is 17.3 Å². The Hall–Kier alpha value is -0.880. The molecule has 84 valence electrons. The van der Waals surface area contributed by atoms with E-state index in [0.717, 1.165) is 0 Å². The van der Waals surface area contributed by atoms with Gasteiger partial charge >= 0.3 is 5.97 Å². The van der Waals surface area contributed by atoms with Crippen LogP contribution in [0.3, 0.4) is 0 Å². The SMILES string of the molecule is Cn1nc(Br)cc1C(C)(C)C(O)C(=O)O. The molecule has 0 aliphatic rings. The third kappa shape index (κ3) is 2.21. The smallest absolute Gasteiger partial charge is 0.333 e. The van der Waals surface area contributed by atoms with Crippen LogP contribution in [0, 0.1) is 0 Å². The van der Waals surface area contributed by atoms with Gasteiger partial charge in [-0.2, -0.15) is 5.10 Å². The summed E-state index contributed by atoms with van der Waals surface area (Å²) in [5, 5.41) is 22.4. The molecule has 2 N–H and O–H groups in total. The van der Waals surface area contributed by atoms with E-state index in [1.807, 2.05) is 0 Å². The Morgan fingerprint density at radius 2 is 2.20 bits per heavy atom. The lowest BCUT2D eigenvalue weighted by molar-refractivity contribution is -0.150. The molecule has 0 saturated carbocycles. The third-order valence-electron chi connectivity index (χ3n) is 2.43. The second-order valence-electron chi connectivity index (χ2n) is 3.94. The summed E-state index contributed by atoms with van der Waals surface area (Å²) in [7, 11) is 1.70. The molecule has 1 atom stereocenters. The molecule has 0 aliphatic heterocycles. The molecule has 0 radical (unpaired) electrons. The van der Waals surface area contributed by atoms with Crippen LogP contribution >= 0.6 is 15.9 Å². The zero-order valence-corrected chi connectivity index (χ0v) is 10.3. The number of rotatable bonds is 3. The standard InChI is InChI=1S/C9H13BrN2O3/c1-9(2,7(13)8(14)15)5-4-6(10)11-12(5)3/h4,7,13H,1-3H3,(H,14,15). The number of carboxylic acid groups (broad SMARTS) is 1. The first-order valence-corrected chi connectivity index (χ1v) is 5.17. The molecule has 1 rings (SSSR count). The predicted molar refractivity (Wildman–Crippen MR) is 57.6 cm³/mol. The maximum absolute atomic E-state index is 10.7. The van der Waals surface area contributed by atoms with E-state index in [4.69, 9.17) is 5.11 Å². The molecule has 1 aromatic heterocycles. The number of hydrogen-bond acceptors (Lipinski definition) is 3. The summed E-state index contributed by atoms with van der Waals surface area (Å²) in [6.07, 6.45) is -1.46. The van der Waals surface area contributed by atoms with E-state index in [2.05, 4.69) is 21.0 Å². The average Bonchev–Trinajstić information content (AvgIpc) is 2.44. The minimum atomic E-state index is -1.46. The normalized spacial score (nSPS) is 13.9. The molecule has 1 unspecified atom stereocenters. The van der Waals surface area contributed by atoms with Crippen molar-refractivity contribution in [3.8, 4) is 0 Å². The quantitative estimate of drug-likeness (QED) is 0.861. The van der Waals surface area contributed by atoms with Gasteiger partial charge in [-0.25, -0.2) is 4.79 Å². The molecule has 5 nitrogen and oxygen atoms in total. The Balaban J connectivity index is 3.15. The number of aryl methyl sites for hydroxylation is 1. The molecule has 1 aromatic rings. The van der Waals surface area contributed by atoms with Crippen molar-refractivity contribution in [3.05, 3.63) is 16.4 Å². The Morgan fingerprint density at radius 1 is 1.67 bits per heavy atom. The Labute approximate surface area is 95.8 Å². The van der Waals surface area contributed by atoms with E-state index >= 15 is 0 Å². The molecule has 0 saturated heterocycles. The molecule has 1 heterocycles. The van der Waals surface area contributed by atoms with E-state index in [1.165, 1.54) is 0 Å². The second-order valence-corrected chi connectivity index (χ2v) is 4.75. The minimum Gasteiger partial charge on any atom is -0.479 e. The molecule has 0 amide bonds. The van der Waals surface area contributed by atoms with Gasteiger partial charge in [0, 0.05) is 18.2 Å². The highest BCUT2D eigenvalue weighted by Crippen LogP contribution is 2.28. The largest absolute Gasteiger partial charge is 0.479 e. The fraction of sp³-hybridized carbons (Fsp3) is 0.556. The highest BCUT2D eigenvalue weighted by molar-refractivity contribution is 9.10. The summed E-state index contributed by atoms with van der Waals surface area (Å²) in [6, 6.07) is 1.70. The Kier molecular flexibility index (Phi) is 3.20. The van der Waals surface area contributed by atoms with Gasteiger partial charge in [-0.15, -0.1) is 0 Å². The predicted octanol–water partition coefficient (Wildman–Crippen LogP) is 0.906. The van der Waals surface area contributed by atoms with Crippen LogP contribution in [0.4, 0.5) is 0 Å². The van der Waals surface area contributed by atoms with Gasteiger partial charge in [0.05, 0.1) is 0 Å². The number of aliphatic hydroxyl groups is 1. The van der Waals surface area contributed by atoms with Gasteiger partial charge in [-0.1, -0.05) is 13.8 Å². The monoisotopic (exact) mass is 276 g/mol. The van der Waals surface area contributed by atoms with E-state index < -0.39 is 17.5 Å². The average molecular weight is 277 g/mol. The molecular weight excluding hydrogens is 264 g/mol. The summed E-state index contributed by atoms with van der Waals surface area (Å²) in [5.74, 6) is -1.24. The number of hydrogen-bond donors (Lipinski definition) is 2. The number of carboxylic acids is 1. The number of halogens is 1. The summed E-state index contributed by atoms with van der Waals surface area (Å²) in [5.41, 5.74) is -0.233. The van der Waals surface area contributed by atoms with Crippen LogP contribution in [-0.4, -0.2) is 32.1 Å². The van der Waals surface area contributed by atoms with Gasteiger partial charge in [0.1, 0.15) is 4.60 Å². The highest BCUT2D eigenvalue weighted by atomic mass is 79.9. The van der Waals surface area contributed by atoms with E-state index in [-0.39, 0.29) is 0 Å². The summed E-state index contributed by atoms with van der Waals surface area (Å²) < 4.78 is 2.17. The van der Waals surface area contributed by atoms with Crippen molar-refractivity contribution in [2.24, 2.45) is 7.05 Å². The highest BCUT2D eigenvalue weighted by Gasteiger charge is 2.37. The number of aliphatic carboxylic acids is 1. The molecule has 6 heteroatoms. The topological polar surface area (TPSA) is 75.3 Å². The minimum absolute atomic E-state index is 0.616. The lowest BCUT2D eigenvalue weighted by Gasteiger charge is -2.27. The zero-order valence-electron chi connectivity index (χ0n) is 8.73. The van der Waals surface area contributed by atoms with Crippen LogP contribution in [0.2, 0.25) is 0 Å². The van der Waals surface area contributed by atoms with E-state index in [1.54, 1.807) is 31.6 Å². The molecule has 0 aliphatic carbocycles. The third-order valence-corrected chi connectivity index (χ3v) is 2.82. The van der Waals surface area contributed by atoms with Crippen molar-refractivity contribution < 1.29 is 15.0 Å². The van der Waals surface area contributed by atoms with Gasteiger partial charge in [0.25, 0.3) is 0 Å². The van der Waals surface area contributed by atoms with Crippen molar-refractivity contribution >= 4 is 21.9 Å². The van der Waals surface area contributed by atoms with Crippen LogP contribution in [0.25, 0.3) is 0 Å². The lowest BCUT2D eigenvalue weighted by Crippen LogP contribution is -2.41. The molecule has 0 spiro atoms. The second kappa shape index (κ2) is 3.94. The lowest BCUT2D eigenvalue weighted by atomic mass is 9.83. The van der Waals surface area contributed by atoms with E-state index in [9.17, 15) is 9.90 Å². The summed E-state index contributed by atoms with van der Waals surface area (Å²) >= 11 is 3.20. The Morgan fingerprint density at radius 3 is 2.53 bits per heavy atom. The van der Waals surface area contributed by atoms with Gasteiger partial charge in [-0.05, 0) is 22.0 Å². The van der Waals surface area contributed by atoms with Crippen LogP contribution in [0.1, 0.15) is 19.5 Å². The fourth-order valence-corrected chi connectivity index (χ4v) is 1.94. The molecule has 0 aromatic carbocycles. The van der Waals surface area contributed by atoms with Crippen molar-refractivity contribution in [1.29, 1.82) is 0 Å². The summed E-state index contributed by atoms with van der Waals surface area (Å²) in [6.45, 7) is 3.32. The molecule has 0 bridgehead atoms. The molecular formula is C9H13BrN2O3. The van der Waals surface area contributed by atoms with Gasteiger partial charge in [0.15, 0.2) is 6.10 Å². The number of nitrogens with zero attached hydrogens (tertiary/aromatic N) is 2. The number of carbonyl (C=O) groups is 1. The van der Waals surface area contributed by atoms with Crippen molar-refractivity contribution in [2.75, 3.05) is 0 Å². The van der Waals surface area contributed by atoms with Crippen LogP contribution < -0.4 is 0 Å². The van der Waals surface area contributed by atoms with Crippen molar-refractivity contribution in [3.63, 3.8) is 0 Å². The van der Waals surface area contributed by atoms with Crippen LogP contribution in [0.5, 0.6) is 0 Å². The first-order chi connectivity index (χ1) is 6.76. The molecule has 15 heavy (non-hydrogen) atoms. The Bertz CT molecular complexity index is 387.